The van der Waals surface area contributed by atoms with Crippen LogP contribution in [0.5, 0.6) is 11.5 Å². The molecule has 1 aromatic heterocycles. The number of hydrogen-bond donors (Lipinski definition) is 2. The second-order valence-corrected chi connectivity index (χ2v) is 5.83. The Balaban J connectivity index is 1.74. The number of aromatic hydroxyl groups is 1. The van der Waals surface area contributed by atoms with Crippen molar-refractivity contribution in [2.75, 3.05) is 0 Å². The molecule has 2 aromatic carbocycles. The van der Waals surface area contributed by atoms with Gasteiger partial charge in [0.25, 0.3) is 0 Å². The molecule has 3 rings (SSSR count). The highest BCUT2D eigenvalue weighted by atomic mass is 35.5. The van der Waals surface area contributed by atoms with E-state index in [1.54, 1.807) is 18.2 Å². The maximum atomic E-state index is 12.7. The number of H-pyrrole nitrogens is 1. The number of aromatic nitrogens is 1. The van der Waals surface area contributed by atoms with Gasteiger partial charge in [0.15, 0.2) is 0 Å². The summed E-state index contributed by atoms with van der Waals surface area (Å²) in [7, 11) is 0. The lowest BCUT2D eigenvalue weighted by Gasteiger charge is -2.09. The Morgan fingerprint density at radius 1 is 1.04 bits per heavy atom. The van der Waals surface area contributed by atoms with E-state index in [2.05, 4.69) is 4.98 Å². The van der Waals surface area contributed by atoms with E-state index in [9.17, 15) is 18.3 Å². The molecule has 0 unspecified atom stereocenters. The predicted octanol–water partition coefficient (Wildman–Crippen LogP) is 5.64. The van der Waals surface area contributed by atoms with E-state index in [0.717, 1.165) is 17.8 Å². The van der Waals surface area contributed by atoms with Gasteiger partial charge in [-0.05, 0) is 35.9 Å². The Kier molecular flexibility index (Phi) is 4.63. The van der Waals surface area contributed by atoms with Gasteiger partial charge in [0.05, 0.1) is 5.56 Å². The van der Waals surface area contributed by atoms with E-state index >= 15 is 0 Å². The molecule has 3 aromatic rings. The molecule has 0 atom stereocenters. The Bertz CT molecular complexity index is 873. The number of hydrogen-bond acceptors (Lipinski definition) is 2. The largest absolute Gasteiger partial charge is 0.507 e. The van der Waals surface area contributed by atoms with E-state index < -0.39 is 11.7 Å². The van der Waals surface area contributed by atoms with E-state index in [1.807, 2.05) is 12.1 Å². The summed E-state index contributed by atoms with van der Waals surface area (Å²) in [4.78, 5) is 2.52. The number of phenols is 1. The van der Waals surface area contributed by atoms with Gasteiger partial charge < -0.3 is 14.8 Å². The number of phenolic OH excluding ortho intramolecular Hbond substituents is 1. The normalized spacial score (nSPS) is 11.5. The van der Waals surface area contributed by atoms with Crippen LogP contribution in [-0.4, -0.2) is 10.1 Å². The zero-order valence-corrected chi connectivity index (χ0v) is 13.5. The molecule has 0 saturated heterocycles. The minimum absolute atomic E-state index is 0.175. The van der Waals surface area contributed by atoms with Crippen molar-refractivity contribution in [2.45, 2.75) is 12.8 Å². The molecule has 0 bridgehead atoms. The third-order valence-electron chi connectivity index (χ3n) is 3.59. The standard InChI is InChI=1S/C18H13ClF3NO2/c19-13-3-1-11(2-4-13)10-25-14-5-6-15(17(24)8-14)16-7-12(9-23-16)18(20,21)22/h1-9,23-24H,10H2. The summed E-state index contributed by atoms with van der Waals surface area (Å²) >= 11 is 5.81. The molecule has 0 spiro atoms. The van der Waals surface area contributed by atoms with Crippen molar-refractivity contribution in [1.29, 1.82) is 0 Å². The van der Waals surface area contributed by atoms with Gasteiger partial charge in [0, 0.05) is 28.5 Å². The van der Waals surface area contributed by atoms with Crippen molar-refractivity contribution in [3.8, 4) is 22.8 Å². The van der Waals surface area contributed by atoms with Gasteiger partial charge in [-0.25, -0.2) is 0 Å². The number of benzene rings is 2. The van der Waals surface area contributed by atoms with Crippen LogP contribution in [0.15, 0.2) is 54.7 Å². The first-order valence-corrected chi connectivity index (χ1v) is 7.67. The third kappa shape index (κ3) is 4.09. The first-order valence-electron chi connectivity index (χ1n) is 7.29. The topological polar surface area (TPSA) is 45.2 Å². The molecule has 2 N–H and O–H groups in total. The lowest BCUT2D eigenvalue weighted by atomic mass is 10.1. The zero-order chi connectivity index (χ0) is 18.0. The molecular formula is C18H13ClF3NO2. The lowest BCUT2D eigenvalue weighted by molar-refractivity contribution is -0.137. The fourth-order valence-electron chi connectivity index (χ4n) is 2.29. The molecule has 0 amide bonds. The Morgan fingerprint density at radius 2 is 1.76 bits per heavy atom. The lowest BCUT2D eigenvalue weighted by Crippen LogP contribution is -2.02. The highest BCUT2D eigenvalue weighted by molar-refractivity contribution is 6.30. The van der Waals surface area contributed by atoms with E-state index in [0.29, 0.717) is 10.8 Å². The number of aromatic amines is 1. The number of nitrogens with one attached hydrogen (secondary N) is 1. The van der Waals surface area contributed by atoms with Crippen LogP contribution in [0.25, 0.3) is 11.3 Å². The molecular weight excluding hydrogens is 355 g/mol. The zero-order valence-electron chi connectivity index (χ0n) is 12.8. The summed E-state index contributed by atoms with van der Waals surface area (Å²) in [6.45, 7) is 0.274. The van der Waals surface area contributed by atoms with Crippen molar-refractivity contribution in [3.05, 3.63) is 70.9 Å². The molecule has 0 aliphatic rings. The van der Waals surface area contributed by atoms with Gasteiger partial charge in [-0.15, -0.1) is 0 Å². The first-order chi connectivity index (χ1) is 11.8. The van der Waals surface area contributed by atoms with E-state index in [1.165, 1.54) is 12.1 Å². The SMILES string of the molecule is Oc1cc(OCc2ccc(Cl)cc2)ccc1-c1cc(C(F)(F)F)c[nH]1. The molecule has 3 nitrogen and oxygen atoms in total. The minimum atomic E-state index is -4.44. The van der Waals surface area contributed by atoms with Crippen LogP contribution in [0.4, 0.5) is 13.2 Å². The summed E-state index contributed by atoms with van der Waals surface area (Å²) < 4.78 is 43.5. The quantitative estimate of drug-likeness (QED) is 0.627. The number of rotatable bonds is 4. The second kappa shape index (κ2) is 6.72. The van der Waals surface area contributed by atoms with Crippen LogP contribution < -0.4 is 4.74 Å². The molecule has 7 heteroatoms. The van der Waals surface area contributed by atoms with Crippen LogP contribution in [0.1, 0.15) is 11.1 Å². The van der Waals surface area contributed by atoms with Gasteiger partial charge in [0.1, 0.15) is 18.1 Å². The average molecular weight is 368 g/mol. The summed E-state index contributed by atoms with van der Waals surface area (Å²) in [5.41, 5.74) is 0.528. The minimum Gasteiger partial charge on any atom is -0.507 e. The molecule has 0 radical (unpaired) electrons. The van der Waals surface area contributed by atoms with Crippen LogP contribution in [0.2, 0.25) is 5.02 Å². The van der Waals surface area contributed by atoms with Gasteiger partial charge in [-0.1, -0.05) is 23.7 Å². The van der Waals surface area contributed by atoms with Crippen LogP contribution >= 0.6 is 11.6 Å². The second-order valence-electron chi connectivity index (χ2n) is 5.39. The van der Waals surface area contributed by atoms with E-state index in [4.69, 9.17) is 16.3 Å². The van der Waals surface area contributed by atoms with Gasteiger partial charge in [0.2, 0.25) is 0 Å². The highest BCUT2D eigenvalue weighted by Gasteiger charge is 2.31. The number of ether oxygens (including phenoxy) is 1. The van der Waals surface area contributed by atoms with Crippen molar-refractivity contribution < 1.29 is 23.0 Å². The summed E-state index contributed by atoms with van der Waals surface area (Å²) in [5.74, 6) is 0.225. The number of alkyl halides is 3. The molecule has 25 heavy (non-hydrogen) atoms. The average Bonchev–Trinajstić information content (AvgIpc) is 3.04. The fraction of sp³-hybridized carbons (Fsp3) is 0.111. The molecule has 0 saturated carbocycles. The third-order valence-corrected chi connectivity index (χ3v) is 3.84. The summed E-state index contributed by atoms with van der Waals surface area (Å²) in [6, 6.07) is 12.5. The molecule has 1 heterocycles. The molecule has 0 aliphatic carbocycles. The predicted molar refractivity (Wildman–Crippen MR) is 88.7 cm³/mol. The molecule has 0 fully saturated rings. The Labute approximate surface area is 146 Å². The van der Waals surface area contributed by atoms with Crippen LogP contribution in [0.3, 0.4) is 0 Å². The van der Waals surface area contributed by atoms with Gasteiger partial charge >= 0.3 is 6.18 Å². The monoisotopic (exact) mass is 367 g/mol. The van der Waals surface area contributed by atoms with E-state index in [-0.39, 0.29) is 23.6 Å². The van der Waals surface area contributed by atoms with Gasteiger partial charge in [-0.3, -0.25) is 0 Å². The number of halogens is 4. The highest BCUT2D eigenvalue weighted by Crippen LogP contribution is 2.36. The maximum Gasteiger partial charge on any atom is 0.417 e. The smallest absolute Gasteiger partial charge is 0.417 e. The van der Waals surface area contributed by atoms with Crippen molar-refractivity contribution in [3.63, 3.8) is 0 Å². The van der Waals surface area contributed by atoms with Crippen molar-refractivity contribution in [1.82, 2.24) is 4.98 Å². The first kappa shape index (κ1) is 17.2. The van der Waals surface area contributed by atoms with Crippen molar-refractivity contribution >= 4 is 11.6 Å². The molecule has 130 valence electrons. The van der Waals surface area contributed by atoms with Crippen LogP contribution in [-0.2, 0) is 12.8 Å². The van der Waals surface area contributed by atoms with Crippen LogP contribution in [0, 0.1) is 0 Å². The Morgan fingerprint density at radius 3 is 2.36 bits per heavy atom. The maximum absolute atomic E-state index is 12.7. The van der Waals surface area contributed by atoms with Crippen molar-refractivity contribution in [2.24, 2.45) is 0 Å². The summed E-state index contributed by atoms with van der Waals surface area (Å²) in [6.07, 6.45) is -3.58. The summed E-state index contributed by atoms with van der Waals surface area (Å²) in [5, 5.41) is 10.7. The fourth-order valence-corrected chi connectivity index (χ4v) is 2.42. The van der Waals surface area contributed by atoms with Gasteiger partial charge in [-0.2, -0.15) is 13.2 Å². The molecule has 0 aliphatic heterocycles. The Hall–Kier alpha value is -2.60.